The van der Waals surface area contributed by atoms with Crippen LogP contribution < -0.4 is 10.6 Å². The van der Waals surface area contributed by atoms with E-state index in [1.54, 1.807) is 11.0 Å². The molecule has 0 aliphatic heterocycles. The molecule has 1 saturated carbocycles. The fraction of sp³-hybridized carbons (Fsp3) is 0.500. The lowest BCUT2D eigenvalue weighted by molar-refractivity contribution is -0.122. The van der Waals surface area contributed by atoms with Crippen molar-refractivity contribution < 1.29 is 9.90 Å². The zero-order valence-electron chi connectivity index (χ0n) is 10.5. The predicted molar refractivity (Wildman–Crippen MR) is 72.3 cm³/mol. The van der Waals surface area contributed by atoms with Crippen molar-refractivity contribution in [2.75, 3.05) is 23.8 Å². The Morgan fingerprint density at radius 3 is 2.61 bits per heavy atom. The second-order valence-corrected chi connectivity index (χ2v) is 4.75. The number of nitrogens with zero attached hydrogens (tertiary/aromatic N) is 1. The van der Waals surface area contributed by atoms with Crippen LogP contribution in [-0.4, -0.2) is 24.2 Å². The zero-order chi connectivity index (χ0) is 13.0. The lowest BCUT2D eigenvalue weighted by Crippen LogP contribution is -2.37. The molecule has 3 N–H and O–H groups in total. The number of anilines is 2. The third-order valence-corrected chi connectivity index (χ3v) is 3.52. The molecule has 0 spiro atoms. The first kappa shape index (κ1) is 12.9. The van der Waals surface area contributed by atoms with Gasteiger partial charge in [-0.25, -0.2) is 0 Å². The van der Waals surface area contributed by atoms with Gasteiger partial charge in [-0.3, -0.25) is 4.79 Å². The van der Waals surface area contributed by atoms with Gasteiger partial charge in [-0.05, 0) is 25.0 Å². The second kappa shape index (κ2) is 5.87. The van der Waals surface area contributed by atoms with Gasteiger partial charge in [0.1, 0.15) is 0 Å². The first-order valence-corrected chi connectivity index (χ1v) is 6.50. The summed E-state index contributed by atoms with van der Waals surface area (Å²) in [6, 6.07) is 7.31. The lowest BCUT2D eigenvalue weighted by Gasteiger charge is -2.26. The number of aliphatic hydroxyl groups excluding tert-OH is 1. The van der Waals surface area contributed by atoms with E-state index in [1.807, 2.05) is 18.2 Å². The van der Waals surface area contributed by atoms with Crippen LogP contribution in [0.25, 0.3) is 0 Å². The third-order valence-electron chi connectivity index (χ3n) is 3.52. The fourth-order valence-corrected chi connectivity index (χ4v) is 2.58. The fourth-order valence-electron chi connectivity index (χ4n) is 2.58. The maximum absolute atomic E-state index is 12.4. The normalized spacial score (nSPS) is 15.8. The Kier molecular flexibility index (Phi) is 4.20. The summed E-state index contributed by atoms with van der Waals surface area (Å²) in [5.41, 5.74) is 7.21. The Balaban J connectivity index is 2.22. The molecule has 0 heterocycles. The van der Waals surface area contributed by atoms with E-state index in [1.165, 1.54) is 0 Å². The smallest absolute Gasteiger partial charge is 0.230 e. The standard InChI is InChI=1S/C14H20N2O2/c15-12-7-3-4-8-13(12)16(9-10-17)14(18)11-5-1-2-6-11/h3-4,7-8,11,17H,1-2,5-6,9-10,15H2. The quantitative estimate of drug-likeness (QED) is 0.798. The summed E-state index contributed by atoms with van der Waals surface area (Å²) in [5.74, 6) is 0.190. The van der Waals surface area contributed by atoms with Gasteiger partial charge in [-0.1, -0.05) is 25.0 Å². The molecule has 2 rings (SSSR count). The monoisotopic (exact) mass is 248 g/mol. The van der Waals surface area contributed by atoms with Gasteiger partial charge in [-0.15, -0.1) is 0 Å². The van der Waals surface area contributed by atoms with E-state index in [2.05, 4.69) is 0 Å². The summed E-state index contributed by atoms with van der Waals surface area (Å²) in [5, 5.41) is 9.15. The van der Waals surface area contributed by atoms with Crippen LogP contribution in [0.2, 0.25) is 0 Å². The van der Waals surface area contributed by atoms with Crippen molar-refractivity contribution in [3.8, 4) is 0 Å². The third kappa shape index (κ3) is 2.64. The Hall–Kier alpha value is -1.55. The van der Waals surface area contributed by atoms with Crippen molar-refractivity contribution in [1.29, 1.82) is 0 Å². The Labute approximate surface area is 107 Å². The first-order valence-electron chi connectivity index (χ1n) is 6.50. The number of aliphatic hydroxyl groups is 1. The summed E-state index contributed by atoms with van der Waals surface area (Å²) in [6.45, 7) is 0.260. The van der Waals surface area contributed by atoms with Crippen molar-refractivity contribution in [3.63, 3.8) is 0 Å². The maximum Gasteiger partial charge on any atom is 0.230 e. The van der Waals surface area contributed by atoms with Crippen LogP contribution in [0.5, 0.6) is 0 Å². The average Bonchev–Trinajstić information content (AvgIpc) is 2.90. The Bertz CT molecular complexity index is 414. The van der Waals surface area contributed by atoms with Crippen LogP contribution in [-0.2, 0) is 4.79 Å². The van der Waals surface area contributed by atoms with Crippen molar-refractivity contribution >= 4 is 17.3 Å². The second-order valence-electron chi connectivity index (χ2n) is 4.75. The maximum atomic E-state index is 12.4. The number of hydrogen-bond donors (Lipinski definition) is 2. The van der Waals surface area contributed by atoms with E-state index in [0.29, 0.717) is 17.9 Å². The summed E-state index contributed by atoms with van der Waals surface area (Å²) in [4.78, 5) is 14.1. The van der Waals surface area contributed by atoms with Gasteiger partial charge >= 0.3 is 0 Å². The SMILES string of the molecule is Nc1ccccc1N(CCO)C(=O)C1CCCC1. The van der Waals surface area contributed by atoms with E-state index in [0.717, 1.165) is 25.7 Å². The number of para-hydroxylation sites is 2. The highest BCUT2D eigenvalue weighted by Crippen LogP contribution is 2.30. The van der Waals surface area contributed by atoms with E-state index < -0.39 is 0 Å². The molecule has 0 unspecified atom stereocenters. The molecular weight excluding hydrogens is 228 g/mol. The van der Waals surface area contributed by atoms with Gasteiger partial charge in [0.15, 0.2) is 0 Å². The molecule has 0 bridgehead atoms. The molecule has 0 saturated heterocycles. The molecule has 1 aliphatic rings. The van der Waals surface area contributed by atoms with Gasteiger partial charge in [0.2, 0.25) is 5.91 Å². The number of amides is 1. The highest BCUT2D eigenvalue weighted by Gasteiger charge is 2.28. The number of rotatable bonds is 4. The first-order chi connectivity index (χ1) is 8.74. The van der Waals surface area contributed by atoms with Gasteiger partial charge < -0.3 is 15.7 Å². The van der Waals surface area contributed by atoms with E-state index >= 15 is 0 Å². The summed E-state index contributed by atoms with van der Waals surface area (Å²) in [6.07, 6.45) is 4.14. The van der Waals surface area contributed by atoms with Crippen molar-refractivity contribution in [2.24, 2.45) is 5.92 Å². The van der Waals surface area contributed by atoms with Crippen LogP contribution in [0.15, 0.2) is 24.3 Å². The minimum absolute atomic E-state index is 0.0488. The van der Waals surface area contributed by atoms with Crippen LogP contribution in [0.4, 0.5) is 11.4 Å². The molecule has 4 nitrogen and oxygen atoms in total. The molecular formula is C14H20N2O2. The molecule has 0 atom stereocenters. The Morgan fingerprint density at radius 1 is 1.33 bits per heavy atom. The summed E-state index contributed by atoms with van der Waals surface area (Å²) in [7, 11) is 0. The number of carbonyl (C=O) groups excluding carboxylic acids is 1. The molecule has 18 heavy (non-hydrogen) atoms. The van der Waals surface area contributed by atoms with Gasteiger partial charge in [0, 0.05) is 12.5 Å². The number of benzene rings is 1. The molecule has 4 heteroatoms. The summed E-state index contributed by atoms with van der Waals surface area (Å²) >= 11 is 0. The Morgan fingerprint density at radius 2 is 2.00 bits per heavy atom. The predicted octanol–water partition coefficient (Wildman–Crippen LogP) is 1.78. The zero-order valence-corrected chi connectivity index (χ0v) is 10.5. The van der Waals surface area contributed by atoms with Crippen molar-refractivity contribution in [1.82, 2.24) is 0 Å². The van der Waals surface area contributed by atoms with Gasteiger partial charge in [0.05, 0.1) is 18.0 Å². The van der Waals surface area contributed by atoms with Crippen molar-refractivity contribution in [2.45, 2.75) is 25.7 Å². The average molecular weight is 248 g/mol. The molecule has 0 radical (unpaired) electrons. The van der Waals surface area contributed by atoms with Crippen LogP contribution in [0.3, 0.4) is 0 Å². The number of nitrogens with two attached hydrogens (primary N) is 1. The molecule has 1 aliphatic carbocycles. The number of nitrogen functional groups attached to an aromatic ring is 1. The molecule has 1 fully saturated rings. The minimum atomic E-state index is -0.0488. The minimum Gasteiger partial charge on any atom is -0.397 e. The van der Waals surface area contributed by atoms with Crippen LogP contribution >= 0.6 is 0 Å². The largest absolute Gasteiger partial charge is 0.397 e. The molecule has 1 amide bonds. The highest BCUT2D eigenvalue weighted by molar-refractivity contribution is 5.97. The molecule has 1 aromatic carbocycles. The van der Waals surface area contributed by atoms with E-state index in [9.17, 15) is 4.79 Å². The molecule has 0 aromatic heterocycles. The van der Waals surface area contributed by atoms with Crippen LogP contribution in [0, 0.1) is 5.92 Å². The van der Waals surface area contributed by atoms with Crippen molar-refractivity contribution in [3.05, 3.63) is 24.3 Å². The van der Waals surface area contributed by atoms with Gasteiger partial charge in [0.25, 0.3) is 0 Å². The number of carbonyl (C=O) groups is 1. The molecule has 98 valence electrons. The van der Waals surface area contributed by atoms with Gasteiger partial charge in [-0.2, -0.15) is 0 Å². The lowest BCUT2D eigenvalue weighted by atomic mass is 10.1. The number of hydrogen-bond acceptors (Lipinski definition) is 3. The van der Waals surface area contributed by atoms with E-state index in [4.69, 9.17) is 10.8 Å². The summed E-state index contributed by atoms with van der Waals surface area (Å²) < 4.78 is 0. The van der Waals surface area contributed by atoms with E-state index in [-0.39, 0.29) is 18.4 Å². The van der Waals surface area contributed by atoms with Crippen LogP contribution in [0.1, 0.15) is 25.7 Å². The highest BCUT2D eigenvalue weighted by atomic mass is 16.3. The molecule has 1 aromatic rings. The topological polar surface area (TPSA) is 66.6 Å².